The third-order valence-corrected chi connectivity index (χ3v) is 3.66. The molecule has 2 rings (SSSR count). The quantitative estimate of drug-likeness (QED) is 0.289. The van der Waals surface area contributed by atoms with Crippen molar-refractivity contribution in [3.05, 3.63) is 35.9 Å². The van der Waals surface area contributed by atoms with Crippen LogP contribution in [0.25, 0.3) is 0 Å². The van der Waals surface area contributed by atoms with Gasteiger partial charge in [-0.05, 0) is 23.8 Å². The summed E-state index contributed by atoms with van der Waals surface area (Å²) >= 11 is 0. The fourth-order valence-corrected chi connectivity index (χ4v) is 2.50. The molecule has 20 heavy (non-hydrogen) atoms. The number of nitrogens with one attached hydrogen (secondary N) is 1. The molecule has 1 aromatic carbocycles. The van der Waals surface area contributed by atoms with Gasteiger partial charge in [-0.15, -0.1) is 0 Å². The summed E-state index contributed by atoms with van der Waals surface area (Å²) in [6, 6.07) is 10.9. The van der Waals surface area contributed by atoms with E-state index in [1.54, 1.807) is 7.05 Å². The van der Waals surface area contributed by atoms with Gasteiger partial charge in [0.1, 0.15) is 13.1 Å². The fourth-order valence-electron chi connectivity index (χ4n) is 2.50. The van der Waals surface area contributed by atoms with E-state index in [0.717, 1.165) is 12.3 Å². The Kier molecular flexibility index (Phi) is 4.36. The minimum Gasteiger partial charge on any atom is -0.355 e. The molecule has 1 atom stereocenters. The number of hydrogen-bond donors (Lipinski definition) is 2. The molecule has 0 heterocycles. The summed E-state index contributed by atoms with van der Waals surface area (Å²) in [5.74, 6) is 1.59. The number of nitrogens with zero attached hydrogens (tertiary/aromatic N) is 1. The number of hydroxylamine groups is 1. The average Bonchev–Trinajstić information content (AvgIpc) is 3.18. The summed E-state index contributed by atoms with van der Waals surface area (Å²) in [7, 11) is 1.70. The van der Waals surface area contributed by atoms with Gasteiger partial charge >= 0.3 is 0 Å². The lowest BCUT2D eigenvalue weighted by Gasteiger charge is -2.21. The van der Waals surface area contributed by atoms with Gasteiger partial charge < -0.3 is 5.21 Å². The van der Waals surface area contributed by atoms with E-state index in [-0.39, 0.29) is 5.41 Å². The topological polar surface area (TPSA) is 35.3 Å². The maximum Gasteiger partial charge on any atom is 0.284 e. The molecule has 2 N–H and O–H groups in total. The Hall–Kier alpha value is -1.51. The minimum absolute atomic E-state index is 0.143. The van der Waals surface area contributed by atoms with Gasteiger partial charge in [-0.3, -0.25) is 5.32 Å². The molecular weight excluding hydrogens is 248 g/mol. The second-order valence-corrected chi connectivity index (χ2v) is 7.08. The van der Waals surface area contributed by atoms with Crippen molar-refractivity contribution in [2.45, 2.75) is 46.1 Å². The molecule has 1 aromatic rings. The van der Waals surface area contributed by atoms with E-state index in [1.807, 2.05) is 6.07 Å². The van der Waals surface area contributed by atoms with Gasteiger partial charge in [0.15, 0.2) is 0 Å². The lowest BCUT2D eigenvalue weighted by atomic mass is 9.91. The maximum atomic E-state index is 9.91. The van der Waals surface area contributed by atoms with Crippen LogP contribution in [0.15, 0.2) is 30.3 Å². The van der Waals surface area contributed by atoms with Crippen molar-refractivity contribution in [1.82, 2.24) is 5.32 Å². The largest absolute Gasteiger partial charge is 0.355 e. The standard InChI is InChI=1S/C17H26N2O/c1-17(2,3)12-15(19(4)20)18-16(14-10-11-14)13-8-6-5-7-9-13/h5-9,14,16,20H,10-12H2,1-4H3/p+1. The summed E-state index contributed by atoms with van der Waals surface area (Å²) in [5, 5.41) is 13.5. The van der Waals surface area contributed by atoms with Crippen molar-refractivity contribution in [3.8, 4) is 0 Å². The van der Waals surface area contributed by atoms with Crippen molar-refractivity contribution in [3.63, 3.8) is 0 Å². The summed E-state index contributed by atoms with van der Waals surface area (Å²) in [6.07, 6.45) is 3.37. The highest BCUT2D eigenvalue weighted by Gasteiger charge is 2.37. The Morgan fingerprint density at radius 1 is 1.30 bits per heavy atom. The molecule has 110 valence electrons. The van der Waals surface area contributed by atoms with Gasteiger partial charge in [0.2, 0.25) is 0 Å². The maximum absolute atomic E-state index is 9.91. The minimum atomic E-state index is 0.143. The molecule has 1 saturated carbocycles. The molecule has 0 aromatic heterocycles. The summed E-state index contributed by atoms with van der Waals surface area (Å²) in [4.78, 5) is 0. The second-order valence-electron chi connectivity index (χ2n) is 7.08. The lowest BCUT2D eigenvalue weighted by molar-refractivity contribution is -0.756. The lowest BCUT2D eigenvalue weighted by Crippen LogP contribution is -2.37. The van der Waals surface area contributed by atoms with Crippen LogP contribution in [0.5, 0.6) is 0 Å². The number of benzene rings is 1. The molecule has 1 fully saturated rings. The van der Waals surface area contributed by atoms with E-state index in [9.17, 15) is 5.21 Å². The van der Waals surface area contributed by atoms with E-state index in [2.05, 4.69) is 50.4 Å². The van der Waals surface area contributed by atoms with E-state index in [0.29, 0.717) is 12.0 Å². The first-order chi connectivity index (χ1) is 9.37. The third-order valence-electron chi connectivity index (χ3n) is 3.66. The van der Waals surface area contributed by atoms with Gasteiger partial charge in [0.05, 0.1) is 6.42 Å². The molecule has 0 amide bonds. The zero-order chi connectivity index (χ0) is 14.8. The van der Waals surface area contributed by atoms with Crippen LogP contribution in [0, 0.1) is 11.3 Å². The van der Waals surface area contributed by atoms with Crippen molar-refractivity contribution in [2.75, 3.05) is 7.05 Å². The summed E-state index contributed by atoms with van der Waals surface area (Å²) < 4.78 is 1.24. The van der Waals surface area contributed by atoms with E-state index >= 15 is 0 Å². The van der Waals surface area contributed by atoms with Crippen LogP contribution in [-0.2, 0) is 0 Å². The molecule has 1 unspecified atom stereocenters. The van der Waals surface area contributed by atoms with Crippen LogP contribution < -0.4 is 5.32 Å². The van der Waals surface area contributed by atoms with Gasteiger partial charge in [0.25, 0.3) is 5.84 Å². The van der Waals surface area contributed by atoms with Gasteiger partial charge in [0, 0.05) is 5.92 Å². The molecule has 0 bridgehead atoms. The smallest absolute Gasteiger partial charge is 0.284 e. The number of amidine groups is 1. The Bertz CT molecular complexity index is 466. The number of hydrogen-bond acceptors (Lipinski definition) is 1. The van der Waals surface area contributed by atoms with Crippen LogP contribution in [0.3, 0.4) is 0 Å². The van der Waals surface area contributed by atoms with E-state index in [4.69, 9.17) is 0 Å². The van der Waals surface area contributed by atoms with Crippen molar-refractivity contribution < 1.29 is 9.95 Å². The number of rotatable bonds is 4. The van der Waals surface area contributed by atoms with Crippen molar-refractivity contribution in [1.29, 1.82) is 0 Å². The predicted octanol–water partition coefficient (Wildman–Crippen LogP) is 3.59. The SMILES string of the molecule is C/[N+](O)=C(\CC(C)(C)C)NC(c1ccccc1)C1CC1. The molecular formula is C17H27N2O+. The fraction of sp³-hybridized carbons (Fsp3) is 0.588. The first-order valence-corrected chi connectivity index (χ1v) is 7.47. The molecule has 1 aliphatic carbocycles. The summed E-state index contributed by atoms with van der Waals surface area (Å²) in [6.45, 7) is 6.56. The van der Waals surface area contributed by atoms with Crippen LogP contribution >= 0.6 is 0 Å². The Morgan fingerprint density at radius 2 is 1.90 bits per heavy atom. The third kappa shape index (κ3) is 4.26. The van der Waals surface area contributed by atoms with Crippen LogP contribution in [0.1, 0.15) is 51.6 Å². The highest BCUT2D eigenvalue weighted by atomic mass is 16.5. The van der Waals surface area contributed by atoms with Crippen LogP contribution in [-0.4, -0.2) is 22.8 Å². The van der Waals surface area contributed by atoms with Crippen molar-refractivity contribution in [2.24, 2.45) is 11.3 Å². The zero-order valence-corrected chi connectivity index (χ0v) is 13.1. The van der Waals surface area contributed by atoms with Gasteiger partial charge in [-0.25, -0.2) is 0 Å². The van der Waals surface area contributed by atoms with Gasteiger partial charge in [-0.1, -0.05) is 55.8 Å². The Balaban J connectivity index is 2.17. The van der Waals surface area contributed by atoms with Crippen LogP contribution in [0.2, 0.25) is 0 Å². The molecule has 0 aliphatic heterocycles. The van der Waals surface area contributed by atoms with Crippen molar-refractivity contribution >= 4 is 5.84 Å². The summed E-state index contributed by atoms with van der Waals surface area (Å²) in [5.41, 5.74) is 1.45. The molecule has 3 nitrogen and oxygen atoms in total. The first kappa shape index (κ1) is 14.9. The average molecular weight is 275 g/mol. The predicted molar refractivity (Wildman–Crippen MR) is 82.1 cm³/mol. The van der Waals surface area contributed by atoms with Gasteiger partial charge in [-0.2, -0.15) is 0 Å². The first-order valence-electron chi connectivity index (χ1n) is 7.47. The highest BCUT2D eigenvalue weighted by Crippen LogP contribution is 2.41. The van der Waals surface area contributed by atoms with E-state index < -0.39 is 0 Å². The van der Waals surface area contributed by atoms with E-state index in [1.165, 1.54) is 23.1 Å². The molecule has 1 aliphatic rings. The zero-order valence-electron chi connectivity index (χ0n) is 13.1. The Morgan fingerprint density at radius 3 is 2.35 bits per heavy atom. The normalized spacial score (nSPS) is 18.4. The molecule has 3 heteroatoms. The highest BCUT2D eigenvalue weighted by molar-refractivity contribution is 5.78. The Labute approximate surface area is 122 Å². The molecule has 0 spiro atoms. The van der Waals surface area contributed by atoms with Crippen LogP contribution in [0.4, 0.5) is 0 Å². The molecule has 0 saturated heterocycles. The molecule has 0 radical (unpaired) electrons. The second kappa shape index (κ2) is 5.86. The monoisotopic (exact) mass is 275 g/mol.